The summed E-state index contributed by atoms with van der Waals surface area (Å²) in [6.07, 6.45) is -2.24. The second kappa shape index (κ2) is 10.4. The minimum Gasteiger partial charge on any atom is -0.457 e. The SMILES string of the molecule is C=CC(=O)NCc1ccc(Nc2nc3cc(Oc4ccnc(C(=O)NC)c4)ccc3o2)cc1C(F)(F)F. The number of hydrogen-bond acceptors (Lipinski definition) is 7. The number of nitrogens with zero attached hydrogens (tertiary/aromatic N) is 2. The molecule has 0 aliphatic carbocycles. The number of fused-ring (bicyclic) bond motifs is 1. The maximum absolute atomic E-state index is 13.6. The van der Waals surface area contributed by atoms with Crippen molar-refractivity contribution in [3.05, 3.63) is 84.2 Å². The van der Waals surface area contributed by atoms with Gasteiger partial charge in [0.25, 0.3) is 11.9 Å². The molecule has 2 aromatic carbocycles. The van der Waals surface area contributed by atoms with Crippen molar-refractivity contribution in [2.24, 2.45) is 0 Å². The molecule has 2 amide bonds. The summed E-state index contributed by atoms with van der Waals surface area (Å²) in [5, 5.41) is 7.55. The molecule has 0 atom stereocenters. The van der Waals surface area contributed by atoms with Gasteiger partial charge in [-0.05, 0) is 42.0 Å². The normalized spacial score (nSPS) is 11.1. The van der Waals surface area contributed by atoms with Gasteiger partial charge in [-0.2, -0.15) is 18.2 Å². The van der Waals surface area contributed by atoms with E-state index in [0.29, 0.717) is 22.6 Å². The van der Waals surface area contributed by atoms with E-state index >= 15 is 0 Å². The molecule has 190 valence electrons. The predicted molar refractivity (Wildman–Crippen MR) is 128 cm³/mol. The maximum Gasteiger partial charge on any atom is 0.416 e. The zero-order valence-electron chi connectivity index (χ0n) is 19.3. The zero-order chi connectivity index (χ0) is 26.6. The van der Waals surface area contributed by atoms with E-state index in [9.17, 15) is 22.8 Å². The van der Waals surface area contributed by atoms with E-state index in [2.05, 4.69) is 32.5 Å². The van der Waals surface area contributed by atoms with Crippen molar-refractivity contribution in [3.63, 3.8) is 0 Å². The molecule has 0 radical (unpaired) electrons. The average Bonchev–Trinajstić information content (AvgIpc) is 3.28. The van der Waals surface area contributed by atoms with Crippen LogP contribution in [0.25, 0.3) is 11.1 Å². The zero-order valence-corrected chi connectivity index (χ0v) is 19.3. The molecular formula is C25H20F3N5O4. The van der Waals surface area contributed by atoms with Crippen molar-refractivity contribution < 1.29 is 31.9 Å². The van der Waals surface area contributed by atoms with E-state index in [1.165, 1.54) is 31.4 Å². The number of halogens is 3. The van der Waals surface area contributed by atoms with Gasteiger partial charge < -0.3 is 25.1 Å². The number of rotatable bonds is 8. The highest BCUT2D eigenvalue weighted by Gasteiger charge is 2.33. The summed E-state index contributed by atoms with van der Waals surface area (Å²) in [7, 11) is 1.49. The van der Waals surface area contributed by atoms with Crippen LogP contribution in [0.5, 0.6) is 11.5 Å². The van der Waals surface area contributed by atoms with Gasteiger partial charge in [-0.25, -0.2) is 0 Å². The maximum atomic E-state index is 13.6. The number of ether oxygens (including phenoxy) is 1. The van der Waals surface area contributed by atoms with E-state index in [0.717, 1.165) is 12.1 Å². The number of nitrogens with one attached hydrogen (secondary N) is 3. The molecule has 4 rings (SSSR count). The molecule has 0 aliphatic heterocycles. The highest BCUT2D eigenvalue weighted by atomic mass is 19.4. The fourth-order valence-electron chi connectivity index (χ4n) is 3.34. The summed E-state index contributed by atoms with van der Waals surface area (Å²) in [6, 6.07) is 11.4. The Bertz CT molecular complexity index is 1480. The van der Waals surface area contributed by atoms with E-state index in [1.54, 1.807) is 24.3 Å². The third-order valence-electron chi connectivity index (χ3n) is 5.09. The first-order chi connectivity index (χ1) is 17.7. The van der Waals surface area contributed by atoms with Gasteiger partial charge in [0.05, 0.1) is 5.56 Å². The van der Waals surface area contributed by atoms with Crippen LogP contribution in [0.15, 0.2) is 71.8 Å². The van der Waals surface area contributed by atoms with Gasteiger partial charge in [-0.1, -0.05) is 12.6 Å². The van der Waals surface area contributed by atoms with Crippen LogP contribution in [-0.4, -0.2) is 28.8 Å². The molecule has 4 aromatic rings. The summed E-state index contributed by atoms with van der Waals surface area (Å²) < 4.78 is 52.2. The highest BCUT2D eigenvalue weighted by molar-refractivity contribution is 5.92. The number of hydrogen-bond donors (Lipinski definition) is 3. The van der Waals surface area contributed by atoms with Crippen LogP contribution in [0.4, 0.5) is 24.9 Å². The largest absolute Gasteiger partial charge is 0.457 e. The van der Waals surface area contributed by atoms with Gasteiger partial charge in [0.1, 0.15) is 22.7 Å². The minimum absolute atomic E-state index is 0.0289. The molecule has 0 spiro atoms. The number of amides is 2. The lowest BCUT2D eigenvalue weighted by Crippen LogP contribution is -2.22. The molecule has 9 nitrogen and oxygen atoms in total. The molecule has 0 unspecified atom stereocenters. The molecule has 37 heavy (non-hydrogen) atoms. The van der Waals surface area contributed by atoms with Gasteiger partial charge in [0, 0.05) is 37.6 Å². The molecule has 0 bridgehead atoms. The Labute approximate surface area is 208 Å². The van der Waals surface area contributed by atoms with Crippen LogP contribution >= 0.6 is 0 Å². The summed E-state index contributed by atoms with van der Waals surface area (Å²) in [5.41, 5.74) is 0.00948. The van der Waals surface area contributed by atoms with E-state index < -0.39 is 17.6 Å². The fraction of sp³-hybridized carbons (Fsp3) is 0.120. The van der Waals surface area contributed by atoms with E-state index in [1.807, 2.05) is 0 Å². The summed E-state index contributed by atoms with van der Waals surface area (Å²) >= 11 is 0. The standard InChI is InChI=1S/C25H20F3N5O4/c1-3-22(34)31-13-14-4-5-15(10-18(14)25(26,27)28)32-24-33-19-11-16(6-7-21(19)37-24)36-17-8-9-30-20(12-17)23(35)29-2/h3-12H,1,13H2,2H3,(H,29,35)(H,31,34)(H,32,33). The molecule has 0 fully saturated rings. The fourth-order valence-corrected chi connectivity index (χ4v) is 3.34. The van der Waals surface area contributed by atoms with Crippen molar-refractivity contribution in [2.45, 2.75) is 12.7 Å². The predicted octanol–water partition coefficient (Wildman–Crippen LogP) is 4.94. The first kappa shape index (κ1) is 25.2. The van der Waals surface area contributed by atoms with Crippen LogP contribution in [0.3, 0.4) is 0 Å². The molecule has 12 heteroatoms. The third-order valence-corrected chi connectivity index (χ3v) is 5.09. The van der Waals surface area contributed by atoms with Crippen LogP contribution in [0, 0.1) is 0 Å². The lowest BCUT2D eigenvalue weighted by molar-refractivity contribution is -0.138. The van der Waals surface area contributed by atoms with Crippen LogP contribution in [-0.2, 0) is 17.5 Å². The lowest BCUT2D eigenvalue weighted by Gasteiger charge is -2.15. The minimum atomic E-state index is -4.65. The van der Waals surface area contributed by atoms with Crippen LogP contribution in [0.2, 0.25) is 0 Å². The number of pyridine rings is 1. The first-order valence-corrected chi connectivity index (χ1v) is 10.8. The quantitative estimate of drug-likeness (QED) is 0.287. The smallest absolute Gasteiger partial charge is 0.416 e. The second-order valence-electron chi connectivity index (χ2n) is 7.62. The monoisotopic (exact) mass is 511 g/mol. The Hall–Kier alpha value is -4.87. The van der Waals surface area contributed by atoms with Crippen LogP contribution < -0.4 is 20.7 Å². The number of aromatic nitrogens is 2. The summed E-state index contributed by atoms with van der Waals surface area (Å²) in [5.74, 6) is -0.178. The van der Waals surface area contributed by atoms with Crippen molar-refractivity contribution in [1.82, 2.24) is 20.6 Å². The Kier molecular flexibility index (Phi) is 7.09. The van der Waals surface area contributed by atoms with Gasteiger partial charge >= 0.3 is 6.18 Å². The summed E-state index contributed by atoms with van der Waals surface area (Å²) in [6.45, 7) is 2.96. The number of carbonyl (C=O) groups is 2. The molecule has 0 saturated heterocycles. The molecule has 0 saturated carbocycles. The van der Waals surface area contributed by atoms with Gasteiger partial charge in [0.2, 0.25) is 5.91 Å². The highest BCUT2D eigenvalue weighted by Crippen LogP contribution is 2.35. The topological polar surface area (TPSA) is 118 Å². The Balaban J connectivity index is 1.54. The van der Waals surface area contributed by atoms with Crippen molar-refractivity contribution in [1.29, 1.82) is 0 Å². The number of alkyl halides is 3. The third kappa shape index (κ3) is 6.04. The van der Waals surface area contributed by atoms with Crippen molar-refractivity contribution >= 4 is 34.6 Å². The Morgan fingerprint density at radius 2 is 1.89 bits per heavy atom. The van der Waals surface area contributed by atoms with E-state index in [4.69, 9.17) is 9.15 Å². The number of carbonyl (C=O) groups excluding carboxylic acids is 2. The molecule has 2 heterocycles. The lowest BCUT2D eigenvalue weighted by atomic mass is 10.1. The van der Waals surface area contributed by atoms with Gasteiger partial charge in [-0.15, -0.1) is 0 Å². The molecule has 2 aromatic heterocycles. The molecule has 3 N–H and O–H groups in total. The van der Waals surface area contributed by atoms with E-state index in [-0.39, 0.29) is 35.4 Å². The average molecular weight is 511 g/mol. The summed E-state index contributed by atoms with van der Waals surface area (Å²) in [4.78, 5) is 31.4. The van der Waals surface area contributed by atoms with Gasteiger partial charge in [-0.3, -0.25) is 14.6 Å². The van der Waals surface area contributed by atoms with Crippen LogP contribution in [0.1, 0.15) is 21.6 Å². The Morgan fingerprint density at radius 1 is 1.11 bits per heavy atom. The number of anilines is 2. The molecule has 0 aliphatic rings. The number of oxazole rings is 1. The number of benzene rings is 2. The van der Waals surface area contributed by atoms with Crippen molar-refractivity contribution in [2.75, 3.05) is 12.4 Å². The first-order valence-electron chi connectivity index (χ1n) is 10.8. The van der Waals surface area contributed by atoms with Gasteiger partial charge in [0.15, 0.2) is 5.58 Å². The van der Waals surface area contributed by atoms with Crippen molar-refractivity contribution in [3.8, 4) is 11.5 Å². The second-order valence-corrected chi connectivity index (χ2v) is 7.62. The molecular weight excluding hydrogens is 491 g/mol. The Morgan fingerprint density at radius 3 is 2.62 bits per heavy atom.